The second-order valence-electron chi connectivity index (χ2n) is 3.64. The summed E-state index contributed by atoms with van der Waals surface area (Å²) in [6.45, 7) is 1.97. The summed E-state index contributed by atoms with van der Waals surface area (Å²) >= 11 is 0. The molecule has 1 atom stereocenters. The standard InChI is InChI=1S/C10H15NO5S/c1-2-16-10(13)4-3-9(12)11-8-5-6-17(14,15)7-8/h5-6,8H,2-4,7H2,1H3,(H,11,12). The molecule has 0 aromatic rings. The molecule has 1 N–H and O–H groups in total. The third-order valence-corrected chi connectivity index (χ3v) is 3.53. The lowest BCUT2D eigenvalue weighted by molar-refractivity contribution is -0.144. The summed E-state index contributed by atoms with van der Waals surface area (Å²) in [5.41, 5.74) is 0. The van der Waals surface area contributed by atoms with Crippen LogP contribution >= 0.6 is 0 Å². The van der Waals surface area contributed by atoms with E-state index in [1.807, 2.05) is 0 Å². The van der Waals surface area contributed by atoms with Crippen LogP contribution in [-0.4, -0.2) is 38.7 Å². The molecule has 0 aliphatic carbocycles. The summed E-state index contributed by atoms with van der Waals surface area (Å²) in [4.78, 5) is 22.3. The molecule has 0 radical (unpaired) electrons. The normalized spacial score (nSPS) is 21.1. The molecule has 1 heterocycles. The predicted octanol–water partition coefficient (Wildman–Crippen LogP) is -0.243. The van der Waals surface area contributed by atoms with Crippen molar-refractivity contribution in [2.24, 2.45) is 0 Å². The van der Waals surface area contributed by atoms with Crippen LogP contribution in [0, 0.1) is 0 Å². The highest BCUT2D eigenvalue weighted by Crippen LogP contribution is 2.08. The minimum Gasteiger partial charge on any atom is -0.466 e. The summed E-state index contributed by atoms with van der Waals surface area (Å²) in [5, 5.41) is 3.61. The molecule has 7 heteroatoms. The first kappa shape index (κ1) is 13.7. The molecule has 0 aromatic heterocycles. The first-order chi connectivity index (χ1) is 7.93. The van der Waals surface area contributed by atoms with Crippen molar-refractivity contribution in [2.45, 2.75) is 25.8 Å². The quantitative estimate of drug-likeness (QED) is 0.690. The van der Waals surface area contributed by atoms with Gasteiger partial charge in [0, 0.05) is 11.8 Å². The molecule has 0 spiro atoms. The molecule has 96 valence electrons. The van der Waals surface area contributed by atoms with Crippen molar-refractivity contribution in [1.82, 2.24) is 5.32 Å². The summed E-state index contributed by atoms with van der Waals surface area (Å²) in [6.07, 6.45) is 1.43. The van der Waals surface area contributed by atoms with E-state index in [9.17, 15) is 18.0 Å². The predicted molar refractivity (Wildman–Crippen MR) is 60.7 cm³/mol. The van der Waals surface area contributed by atoms with Crippen LogP contribution in [-0.2, 0) is 24.2 Å². The van der Waals surface area contributed by atoms with Crippen LogP contribution in [0.3, 0.4) is 0 Å². The van der Waals surface area contributed by atoms with Gasteiger partial charge in [-0.25, -0.2) is 8.42 Å². The molecule has 1 rings (SSSR count). The first-order valence-electron chi connectivity index (χ1n) is 5.29. The second-order valence-corrected chi connectivity index (χ2v) is 5.57. The summed E-state index contributed by atoms with van der Waals surface area (Å²) < 4.78 is 26.8. The van der Waals surface area contributed by atoms with E-state index in [-0.39, 0.29) is 31.1 Å². The topological polar surface area (TPSA) is 89.5 Å². The van der Waals surface area contributed by atoms with E-state index >= 15 is 0 Å². The Morgan fingerprint density at radius 2 is 2.12 bits per heavy atom. The summed E-state index contributed by atoms with van der Waals surface area (Å²) in [7, 11) is -3.17. The number of carbonyl (C=O) groups is 2. The number of carbonyl (C=O) groups excluding carboxylic acids is 2. The second kappa shape index (κ2) is 5.81. The zero-order chi connectivity index (χ0) is 12.9. The van der Waals surface area contributed by atoms with Crippen LogP contribution in [0.4, 0.5) is 0 Å². The van der Waals surface area contributed by atoms with Crippen molar-refractivity contribution in [2.75, 3.05) is 12.4 Å². The fourth-order valence-electron chi connectivity index (χ4n) is 1.39. The van der Waals surface area contributed by atoms with Gasteiger partial charge in [0.25, 0.3) is 0 Å². The van der Waals surface area contributed by atoms with Crippen molar-refractivity contribution in [3.05, 3.63) is 11.5 Å². The van der Waals surface area contributed by atoms with Gasteiger partial charge in [-0.3, -0.25) is 9.59 Å². The first-order valence-corrected chi connectivity index (χ1v) is 7.00. The van der Waals surface area contributed by atoms with Gasteiger partial charge in [-0.1, -0.05) is 0 Å². The van der Waals surface area contributed by atoms with Crippen LogP contribution < -0.4 is 5.32 Å². The van der Waals surface area contributed by atoms with Crippen LogP contribution in [0.2, 0.25) is 0 Å². The molecule has 0 bridgehead atoms. The average molecular weight is 261 g/mol. The zero-order valence-corrected chi connectivity index (χ0v) is 10.3. The van der Waals surface area contributed by atoms with Gasteiger partial charge in [0.05, 0.1) is 24.8 Å². The lowest BCUT2D eigenvalue weighted by Gasteiger charge is -2.09. The van der Waals surface area contributed by atoms with Gasteiger partial charge < -0.3 is 10.1 Å². The van der Waals surface area contributed by atoms with Crippen molar-refractivity contribution in [3.8, 4) is 0 Å². The number of esters is 1. The monoisotopic (exact) mass is 261 g/mol. The van der Waals surface area contributed by atoms with Crippen molar-refractivity contribution >= 4 is 21.7 Å². The number of rotatable bonds is 5. The van der Waals surface area contributed by atoms with Gasteiger partial charge in [-0.2, -0.15) is 0 Å². The fourth-order valence-corrected chi connectivity index (χ4v) is 2.63. The molecule has 0 saturated heterocycles. The lowest BCUT2D eigenvalue weighted by Crippen LogP contribution is -2.35. The highest BCUT2D eigenvalue weighted by Gasteiger charge is 2.23. The van der Waals surface area contributed by atoms with E-state index in [1.54, 1.807) is 6.92 Å². The zero-order valence-electron chi connectivity index (χ0n) is 9.51. The van der Waals surface area contributed by atoms with Gasteiger partial charge in [0.2, 0.25) is 5.91 Å². The van der Waals surface area contributed by atoms with E-state index in [2.05, 4.69) is 10.1 Å². The minimum atomic E-state index is -3.17. The van der Waals surface area contributed by atoms with Crippen molar-refractivity contribution in [1.29, 1.82) is 0 Å². The molecular weight excluding hydrogens is 246 g/mol. The maximum absolute atomic E-state index is 11.4. The maximum atomic E-state index is 11.4. The number of nitrogens with one attached hydrogen (secondary N) is 1. The Morgan fingerprint density at radius 3 is 2.65 bits per heavy atom. The molecule has 0 fully saturated rings. The Morgan fingerprint density at radius 1 is 1.41 bits per heavy atom. The van der Waals surface area contributed by atoms with Crippen LogP contribution in [0.25, 0.3) is 0 Å². The van der Waals surface area contributed by atoms with E-state index in [0.717, 1.165) is 5.41 Å². The molecule has 17 heavy (non-hydrogen) atoms. The number of hydrogen-bond acceptors (Lipinski definition) is 5. The Hall–Kier alpha value is -1.37. The van der Waals surface area contributed by atoms with E-state index < -0.39 is 21.8 Å². The molecule has 6 nitrogen and oxygen atoms in total. The van der Waals surface area contributed by atoms with Gasteiger partial charge in [0.15, 0.2) is 9.84 Å². The van der Waals surface area contributed by atoms with Gasteiger partial charge in [0.1, 0.15) is 0 Å². The van der Waals surface area contributed by atoms with Crippen LogP contribution in [0.1, 0.15) is 19.8 Å². The number of ether oxygens (including phenoxy) is 1. The molecule has 0 saturated carbocycles. The van der Waals surface area contributed by atoms with Gasteiger partial charge >= 0.3 is 5.97 Å². The molecule has 1 aliphatic rings. The molecular formula is C10H15NO5S. The summed E-state index contributed by atoms with van der Waals surface area (Å²) in [6, 6.07) is -0.491. The van der Waals surface area contributed by atoms with E-state index in [1.165, 1.54) is 6.08 Å². The third kappa shape index (κ3) is 4.99. The molecule has 1 unspecified atom stereocenters. The average Bonchev–Trinajstić information content (AvgIpc) is 2.55. The SMILES string of the molecule is CCOC(=O)CCC(=O)NC1C=CS(=O)(=O)C1. The third-order valence-electron chi connectivity index (χ3n) is 2.14. The Kier molecular flexibility index (Phi) is 4.68. The largest absolute Gasteiger partial charge is 0.466 e. The molecule has 1 amide bonds. The fraction of sp³-hybridized carbons (Fsp3) is 0.600. The molecule has 1 aliphatic heterocycles. The highest BCUT2D eigenvalue weighted by atomic mass is 32.2. The van der Waals surface area contributed by atoms with Crippen molar-refractivity contribution in [3.63, 3.8) is 0 Å². The lowest BCUT2D eigenvalue weighted by atomic mass is 10.2. The van der Waals surface area contributed by atoms with Gasteiger partial charge in [-0.15, -0.1) is 0 Å². The highest BCUT2D eigenvalue weighted by molar-refractivity contribution is 7.94. The minimum absolute atomic E-state index is 0.00283. The Labute approximate surface area is 99.9 Å². The summed E-state index contributed by atoms with van der Waals surface area (Å²) in [5.74, 6) is -0.903. The number of hydrogen-bond donors (Lipinski definition) is 1. The van der Waals surface area contributed by atoms with Crippen LogP contribution in [0.5, 0.6) is 0 Å². The maximum Gasteiger partial charge on any atom is 0.306 e. The smallest absolute Gasteiger partial charge is 0.306 e. The molecule has 0 aromatic carbocycles. The van der Waals surface area contributed by atoms with Crippen LogP contribution in [0.15, 0.2) is 11.5 Å². The number of amides is 1. The number of sulfone groups is 1. The van der Waals surface area contributed by atoms with E-state index in [4.69, 9.17) is 0 Å². The van der Waals surface area contributed by atoms with Gasteiger partial charge in [-0.05, 0) is 13.0 Å². The van der Waals surface area contributed by atoms with Crippen molar-refractivity contribution < 1.29 is 22.7 Å². The Balaban J connectivity index is 2.27. The van der Waals surface area contributed by atoms with E-state index in [0.29, 0.717) is 0 Å². The Bertz CT molecular complexity index is 426.